The van der Waals surface area contributed by atoms with Gasteiger partial charge in [-0.1, -0.05) is 20.8 Å². The first-order chi connectivity index (χ1) is 6.20. The van der Waals surface area contributed by atoms with Gasteiger partial charge in [0.25, 0.3) is 0 Å². The van der Waals surface area contributed by atoms with Crippen LogP contribution < -0.4 is 5.32 Å². The summed E-state index contributed by atoms with van der Waals surface area (Å²) in [5, 5.41) is 3.14. The van der Waals surface area contributed by atoms with Crippen LogP contribution in [0, 0.1) is 5.92 Å². The van der Waals surface area contributed by atoms with Crippen molar-refractivity contribution in [3.63, 3.8) is 0 Å². The summed E-state index contributed by atoms with van der Waals surface area (Å²) in [5.74, 6) is 0.799. The lowest BCUT2D eigenvalue weighted by molar-refractivity contribution is 0.0483. The maximum Gasteiger partial charge on any atom is 0.0696 e. The van der Waals surface area contributed by atoms with E-state index in [1.54, 1.807) is 0 Å². The first-order valence-corrected chi connectivity index (χ1v) is 5.46. The molecule has 0 radical (unpaired) electrons. The second-order valence-electron chi connectivity index (χ2n) is 3.99. The number of hydrogen-bond donors (Lipinski definition) is 1. The van der Waals surface area contributed by atoms with Crippen LogP contribution in [0.15, 0.2) is 0 Å². The van der Waals surface area contributed by atoms with Crippen LogP contribution in [-0.2, 0) is 4.74 Å². The molecule has 1 atom stereocenters. The van der Waals surface area contributed by atoms with Gasteiger partial charge < -0.3 is 10.1 Å². The van der Waals surface area contributed by atoms with Gasteiger partial charge in [0.2, 0.25) is 0 Å². The van der Waals surface area contributed by atoms with Crippen molar-refractivity contribution in [2.45, 2.75) is 46.1 Å². The summed E-state index contributed by atoms with van der Waals surface area (Å²) in [6.45, 7) is 8.57. The lowest BCUT2D eigenvalue weighted by Crippen LogP contribution is -2.26. The summed E-state index contributed by atoms with van der Waals surface area (Å²) < 4.78 is 5.72. The van der Waals surface area contributed by atoms with E-state index in [-0.39, 0.29) is 0 Å². The average molecular weight is 187 g/mol. The van der Waals surface area contributed by atoms with Gasteiger partial charge in [-0.3, -0.25) is 0 Å². The molecule has 0 aliphatic heterocycles. The number of likely N-dealkylation sites (N-methyl/N-ethyl adjacent to an activating group) is 1. The highest BCUT2D eigenvalue weighted by atomic mass is 16.5. The van der Waals surface area contributed by atoms with Crippen LogP contribution in [-0.4, -0.2) is 26.3 Å². The first-order valence-electron chi connectivity index (χ1n) is 5.46. The minimum atomic E-state index is 0.400. The molecule has 2 heteroatoms. The van der Waals surface area contributed by atoms with Gasteiger partial charge in [0.1, 0.15) is 0 Å². The van der Waals surface area contributed by atoms with Crippen LogP contribution in [0.25, 0.3) is 0 Å². The molecule has 1 N–H and O–H groups in total. The second kappa shape index (κ2) is 8.52. The Morgan fingerprint density at radius 3 is 2.46 bits per heavy atom. The van der Waals surface area contributed by atoms with Crippen LogP contribution >= 0.6 is 0 Å². The molecule has 0 aromatic rings. The van der Waals surface area contributed by atoms with Crippen LogP contribution in [0.5, 0.6) is 0 Å². The SMILES string of the molecule is CCC(CNC)OCCCC(C)C. The summed E-state index contributed by atoms with van der Waals surface area (Å²) in [6.07, 6.45) is 3.97. The molecule has 0 saturated carbocycles. The third kappa shape index (κ3) is 8.26. The molecule has 0 rings (SSSR count). The van der Waals surface area contributed by atoms with Gasteiger partial charge in [-0.25, -0.2) is 0 Å². The van der Waals surface area contributed by atoms with Gasteiger partial charge in [-0.2, -0.15) is 0 Å². The van der Waals surface area contributed by atoms with Crippen molar-refractivity contribution < 1.29 is 4.74 Å². The van der Waals surface area contributed by atoms with Crippen molar-refractivity contribution in [1.82, 2.24) is 5.32 Å². The summed E-state index contributed by atoms with van der Waals surface area (Å²) in [4.78, 5) is 0. The van der Waals surface area contributed by atoms with Gasteiger partial charge >= 0.3 is 0 Å². The third-order valence-corrected chi connectivity index (χ3v) is 2.17. The predicted molar refractivity (Wildman–Crippen MR) is 58.0 cm³/mol. The van der Waals surface area contributed by atoms with Crippen LogP contribution in [0.3, 0.4) is 0 Å². The topological polar surface area (TPSA) is 21.3 Å². The van der Waals surface area contributed by atoms with Crippen molar-refractivity contribution in [2.75, 3.05) is 20.2 Å². The maximum absolute atomic E-state index is 5.72. The fourth-order valence-corrected chi connectivity index (χ4v) is 1.29. The van der Waals surface area contributed by atoms with Crippen LogP contribution in [0.2, 0.25) is 0 Å². The Morgan fingerprint density at radius 1 is 1.31 bits per heavy atom. The zero-order valence-electron chi connectivity index (χ0n) is 9.60. The smallest absolute Gasteiger partial charge is 0.0696 e. The normalized spacial score (nSPS) is 13.6. The van der Waals surface area contributed by atoms with Crippen molar-refractivity contribution >= 4 is 0 Å². The van der Waals surface area contributed by atoms with Gasteiger partial charge in [-0.05, 0) is 32.2 Å². The molecule has 1 unspecified atom stereocenters. The van der Waals surface area contributed by atoms with E-state index in [0.29, 0.717) is 6.10 Å². The van der Waals surface area contributed by atoms with Gasteiger partial charge in [-0.15, -0.1) is 0 Å². The van der Waals surface area contributed by atoms with Crippen LogP contribution in [0.1, 0.15) is 40.0 Å². The highest BCUT2D eigenvalue weighted by Gasteiger charge is 2.04. The Morgan fingerprint density at radius 2 is 2.00 bits per heavy atom. The highest BCUT2D eigenvalue weighted by Crippen LogP contribution is 2.05. The van der Waals surface area contributed by atoms with E-state index in [1.165, 1.54) is 12.8 Å². The van der Waals surface area contributed by atoms with Crippen molar-refractivity contribution in [3.05, 3.63) is 0 Å². The third-order valence-electron chi connectivity index (χ3n) is 2.17. The fraction of sp³-hybridized carbons (Fsp3) is 1.00. The Bertz CT molecular complexity index is 104. The van der Waals surface area contributed by atoms with Gasteiger partial charge in [0.15, 0.2) is 0 Å². The van der Waals surface area contributed by atoms with E-state index in [2.05, 4.69) is 26.1 Å². The van der Waals surface area contributed by atoms with Gasteiger partial charge in [0.05, 0.1) is 6.10 Å². The average Bonchev–Trinajstić information content (AvgIpc) is 2.10. The summed E-state index contributed by atoms with van der Waals surface area (Å²) in [7, 11) is 1.97. The number of nitrogens with one attached hydrogen (secondary N) is 1. The first kappa shape index (κ1) is 12.9. The maximum atomic E-state index is 5.72. The number of hydrogen-bond acceptors (Lipinski definition) is 2. The minimum Gasteiger partial charge on any atom is -0.377 e. The molecule has 0 aliphatic rings. The summed E-state index contributed by atoms with van der Waals surface area (Å²) in [5.41, 5.74) is 0. The molecule has 0 heterocycles. The molecule has 0 aromatic carbocycles. The van der Waals surface area contributed by atoms with E-state index in [4.69, 9.17) is 4.74 Å². The highest BCUT2D eigenvalue weighted by molar-refractivity contribution is 4.57. The van der Waals surface area contributed by atoms with E-state index >= 15 is 0 Å². The van der Waals surface area contributed by atoms with Crippen LogP contribution in [0.4, 0.5) is 0 Å². The van der Waals surface area contributed by atoms with E-state index in [1.807, 2.05) is 7.05 Å². The van der Waals surface area contributed by atoms with E-state index in [9.17, 15) is 0 Å². The minimum absolute atomic E-state index is 0.400. The molecule has 2 nitrogen and oxygen atoms in total. The molecule has 80 valence electrons. The van der Waals surface area contributed by atoms with E-state index in [0.717, 1.165) is 25.5 Å². The number of ether oxygens (including phenoxy) is 1. The van der Waals surface area contributed by atoms with E-state index < -0.39 is 0 Å². The molecule has 0 saturated heterocycles. The Hall–Kier alpha value is -0.0800. The molecule has 0 spiro atoms. The molecule has 0 amide bonds. The lowest BCUT2D eigenvalue weighted by Gasteiger charge is -2.15. The summed E-state index contributed by atoms with van der Waals surface area (Å²) >= 11 is 0. The number of rotatable bonds is 8. The summed E-state index contributed by atoms with van der Waals surface area (Å²) in [6, 6.07) is 0. The molecular weight excluding hydrogens is 162 g/mol. The predicted octanol–water partition coefficient (Wildman–Crippen LogP) is 2.44. The quantitative estimate of drug-likeness (QED) is 0.589. The fourth-order valence-electron chi connectivity index (χ4n) is 1.29. The lowest BCUT2D eigenvalue weighted by atomic mass is 10.1. The largest absolute Gasteiger partial charge is 0.377 e. The zero-order valence-corrected chi connectivity index (χ0v) is 9.60. The van der Waals surface area contributed by atoms with Crippen molar-refractivity contribution in [2.24, 2.45) is 5.92 Å². The molecule has 0 bridgehead atoms. The molecule has 0 fully saturated rings. The Labute approximate surface area is 83.1 Å². The molecule has 0 aromatic heterocycles. The molecule has 0 aliphatic carbocycles. The van der Waals surface area contributed by atoms with Crippen molar-refractivity contribution in [3.8, 4) is 0 Å². The Balaban J connectivity index is 3.27. The second-order valence-corrected chi connectivity index (χ2v) is 3.99. The van der Waals surface area contributed by atoms with Gasteiger partial charge in [0, 0.05) is 13.2 Å². The van der Waals surface area contributed by atoms with Crippen molar-refractivity contribution in [1.29, 1.82) is 0 Å². The molecular formula is C11H25NO. The Kier molecular flexibility index (Phi) is 8.46. The monoisotopic (exact) mass is 187 g/mol. The standard InChI is InChI=1S/C11H25NO/c1-5-11(9-12-4)13-8-6-7-10(2)3/h10-12H,5-9H2,1-4H3. The zero-order chi connectivity index (χ0) is 10.1. The molecule has 13 heavy (non-hydrogen) atoms.